The van der Waals surface area contributed by atoms with Crippen LogP contribution in [0.15, 0.2) is 18.2 Å². The normalized spacial score (nSPS) is 20.4. The summed E-state index contributed by atoms with van der Waals surface area (Å²) in [4.78, 5) is 31.2. The third kappa shape index (κ3) is 4.45. The number of amides is 2. The van der Waals surface area contributed by atoms with E-state index in [1.54, 1.807) is 23.1 Å². The van der Waals surface area contributed by atoms with Crippen molar-refractivity contribution in [1.29, 1.82) is 0 Å². The highest BCUT2D eigenvalue weighted by molar-refractivity contribution is 7.92. The Hall–Kier alpha value is -2.17. The van der Waals surface area contributed by atoms with E-state index >= 15 is 0 Å². The molecule has 10 heteroatoms. The molecule has 3 aliphatic heterocycles. The predicted octanol–water partition coefficient (Wildman–Crippen LogP) is -0.375. The van der Waals surface area contributed by atoms with E-state index in [4.69, 9.17) is 4.74 Å². The van der Waals surface area contributed by atoms with Gasteiger partial charge in [-0.05, 0) is 30.2 Å². The first-order valence-corrected chi connectivity index (χ1v) is 12.2. The van der Waals surface area contributed by atoms with Crippen molar-refractivity contribution in [2.24, 2.45) is 0 Å². The fourth-order valence-corrected chi connectivity index (χ4v) is 5.20. The summed E-state index contributed by atoms with van der Waals surface area (Å²) >= 11 is 0. The van der Waals surface area contributed by atoms with Crippen LogP contribution in [0.3, 0.4) is 0 Å². The van der Waals surface area contributed by atoms with Crippen molar-refractivity contribution in [3.63, 3.8) is 0 Å². The van der Waals surface area contributed by atoms with Crippen LogP contribution in [0.4, 0.5) is 5.69 Å². The van der Waals surface area contributed by atoms with Crippen LogP contribution in [0, 0.1) is 0 Å². The molecule has 3 heterocycles. The molecule has 4 rings (SSSR count). The Kier molecular flexibility index (Phi) is 5.99. The van der Waals surface area contributed by atoms with E-state index in [2.05, 4.69) is 4.90 Å². The number of carbonyl (C=O) groups excluding carboxylic acids is 2. The molecular formula is C20H28N4O5S. The number of morpholine rings is 1. The maximum Gasteiger partial charge on any atom is 0.253 e. The van der Waals surface area contributed by atoms with Gasteiger partial charge in [-0.25, -0.2) is 8.42 Å². The molecule has 0 spiro atoms. The number of sulfonamides is 1. The van der Waals surface area contributed by atoms with Crippen molar-refractivity contribution in [3.8, 4) is 0 Å². The van der Waals surface area contributed by atoms with Gasteiger partial charge in [-0.1, -0.05) is 0 Å². The summed E-state index contributed by atoms with van der Waals surface area (Å²) in [5.41, 5.74) is 2.11. The molecule has 164 valence electrons. The summed E-state index contributed by atoms with van der Waals surface area (Å²) in [5.74, 6) is 0.0262. The van der Waals surface area contributed by atoms with E-state index in [0.717, 1.165) is 18.7 Å². The Bertz CT molecular complexity index is 921. The minimum absolute atomic E-state index is 0.0733. The molecule has 2 fully saturated rings. The van der Waals surface area contributed by atoms with Crippen LogP contribution < -0.4 is 4.31 Å². The summed E-state index contributed by atoms with van der Waals surface area (Å²) in [6, 6.07) is 5.22. The molecule has 0 atom stereocenters. The standard InChI is InChI=1S/C20H28N4O5S/c1-30(27,28)24-5-4-16-14-17(2-3-18(16)24)20(26)23-8-6-22(7-9-23)19(25)15-21-10-12-29-13-11-21/h2-3,14H,4-13,15H2,1H3. The number of fused-ring (bicyclic) bond motifs is 1. The molecule has 0 unspecified atom stereocenters. The van der Waals surface area contributed by atoms with Crippen LogP contribution in [-0.4, -0.2) is 107 Å². The van der Waals surface area contributed by atoms with E-state index in [-0.39, 0.29) is 11.8 Å². The predicted molar refractivity (Wildman–Crippen MR) is 112 cm³/mol. The first kappa shape index (κ1) is 21.1. The molecule has 0 N–H and O–H groups in total. The number of benzene rings is 1. The second-order valence-electron chi connectivity index (χ2n) is 7.99. The van der Waals surface area contributed by atoms with Gasteiger partial charge in [0.2, 0.25) is 15.9 Å². The summed E-state index contributed by atoms with van der Waals surface area (Å²) in [6.07, 6.45) is 1.80. The maximum atomic E-state index is 12.9. The van der Waals surface area contributed by atoms with Crippen molar-refractivity contribution in [2.45, 2.75) is 6.42 Å². The van der Waals surface area contributed by atoms with Crippen LogP contribution in [-0.2, 0) is 26.0 Å². The van der Waals surface area contributed by atoms with E-state index < -0.39 is 10.0 Å². The van der Waals surface area contributed by atoms with Gasteiger partial charge in [0.05, 0.1) is 31.7 Å². The number of nitrogens with zero attached hydrogens (tertiary/aromatic N) is 4. The van der Waals surface area contributed by atoms with Gasteiger partial charge in [-0.3, -0.25) is 18.8 Å². The third-order valence-electron chi connectivity index (χ3n) is 5.96. The highest BCUT2D eigenvalue weighted by atomic mass is 32.2. The van der Waals surface area contributed by atoms with Gasteiger partial charge in [0.1, 0.15) is 0 Å². The molecule has 3 aliphatic rings. The lowest BCUT2D eigenvalue weighted by molar-refractivity contribution is -0.134. The van der Waals surface area contributed by atoms with Crippen LogP contribution in [0.2, 0.25) is 0 Å². The molecule has 9 nitrogen and oxygen atoms in total. The van der Waals surface area contributed by atoms with Crippen LogP contribution >= 0.6 is 0 Å². The van der Waals surface area contributed by atoms with Crippen LogP contribution in [0.25, 0.3) is 0 Å². The zero-order valence-electron chi connectivity index (χ0n) is 17.2. The highest BCUT2D eigenvalue weighted by Gasteiger charge is 2.29. The minimum atomic E-state index is -3.30. The van der Waals surface area contributed by atoms with E-state index in [0.29, 0.717) is 70.2 Å². The number of rotatable bonds is 4. The van der Waals surface area contributed by atoms with Gasteiger partial charge in [0.15, 0.2) is 0 Å². The molecule has 0 aliphatic carbocycles. The molecule has 2 amide bonds. The molecular weight excluding hydrogens is 408 g/mol. The largest absolute Gasteiger partial charge is 0.379 e. The monoisotopic (exact) mass is 436 g/mol. The van der Waals surface area contributed by atoms with E-state index in [9.17, 15) is 18.0 Å². The first-order chi connectivity index (χ1) is 14.3. The van der Waals surface area contributed by atoms with Crippen LogP contribution in [0.1, 0.15) is 15.9 Å². The smallest absolute Gasteiger partial charge is 0.253 e. The molecule has 1 aromatic rings. The van der Waals surface area contributed by atoms with Gasteiger partial charge in [-0.15, -0.1) is 0 Å². The van der Waals surface area contributed by atoms with Crippen LogP contribution in [0.5, 0.6) is 0 Å². The first-order valence-electron chi connectivity index (χ1n) is 10.3. The fraction of sp³-hybridized carbons (Fsp3) is 0.600. The second-order valence-corrected chi connectivity index (χ2v) is 9.90. The number of piperazine rings is 1. The summed E-state index contributed by atoms with van der Waals surface area (Å²) in [5, 5.41) is 0. The molecule has 1 aromatic carbocycles. The average molecular weight is 437 g/mol. The lowest BCUT2D eigenvalue weighted by Crippen LogP contribution is -2.53. The van der Waals surface area contributed by atoms with Gasteiger partial charge in [-0.2, -0.15) is 0 Å². The Morgan fingerprint density at radius 2 is 1.63 bits per heavy atom. The highest BCUT2D eigenvalue weighted by Crippen LogP contribution is 2.31. The number of hydrogen-bond acceptors (Lipinski definition) is 6. The molecule has 0 radical (unpaired) electrons. The lowest BCUT2D eigenvalue weighted by Gasteiger charge is -2.36. The number of hydrogen-bond donors (Lipinski definition) is 0. The maximum absolute atomic E-state index is 12.9. The zero-order valence-corrected chi connectivity index (χ0v) is 18.1. The number of ether oxygens (including phenoxy) is 1. The van der Waals surface area contributed by atoms with Gasteiger partial charge in [0.25, 0.3) is 5.91 Å². The number of carbonyl (C=O) groups is 2. The Morgan fingerprint density at radius 3 is 2.30 bits per heavy atom. The third-order valence-corrected chi connectivity index (χ3v) is 7.14. The summed E-state index contributed by atoms with van der Waals surface area (Å²) < 4.78 is 30.5. The average Bonchev–Trinajstić information content (AvgIpc) is 3.18. The molecule has 2 saturated heterocycles. The molecule has 30 heavy (non-hydrogen) atoms. The Labute approximate surface area is 177 Å². The summed E-state index contributed by atoms with van der Waals surface area (Å²) in [6.45, 7) is 5.76. The topological polar surface area (TPSA) is 90.5 Å². The minimum Gasteiger partial charge on any atom is -0.379 e. The van der Waals surface area contributed by atoms with Crippen molar-refractivity contribution in [1.82, 2.24) is 14.7 Å². The Morgan fingerprint density at radius 1 is 0.967 bits per heavy atom. The van der Waals surface area contributed by atoms with Gasteiger partial charge >= 0.3 is 0 Å². The molecule has 0 saturated carbocycles. The Balaban J connectivity index is 1.34. The van der Waals surface area contributed by atoms with Crippen molar-refractivity contribution < 1.29 is 22.7 Å². The number of anilines is 1. The second kappa shape index (κ2) is 8.52. The van der Waals surface area contributed by atoms with Gasteiger partial charge in [0, 0.05) is 51.4 Å². The lowest BCUT2D eigenvalue weighted by atomic mass is 10.1. The van der Waals surface area contributed by atoms with Crippen molar-refractivity contribution in [2.75, 3.05) is 76.1 Å². The van der Waals surface area contributed by atoms with E-state index in [1.165, 1.54) is 10.6 Å². The SMILES string of the molecule is CS(=O)(=O)N1CCc2cc(C(=O)N3CCN(C(=O)CN4CCOCC4)CC3)ccc21. The van der Waals surface area contributed by atoms with E-state index in [1.807, 2.05) is 4.90 Å². The summed E-state index contributed by atoms with van der Waals surface area (Å²) in [7, 11) is -3.30. The zero-order chi connectivity index (χ0) is 21.3. The quantitative estimate of drug-likeness (QED) is 0.640. The van der Waals surface area contributed by atoms with Gasteiger partial charge < -0.3 is 14.5 Å². The van der Waals surface area contributed by atoms with Crippen molar-refractivity contribution in [3.05, 3.63) is 29.3 Å². The fourth-order valence-electron chi connectivity index (χ4n) is 4.24. The molecule has 0 bridgehead atoms. The van der Waals surface area contributed by atoms with Crippen molar-refractivity contribution >= 4 is 27.5 Å². The molecule has 0 aromatic heterocycles.